The first kappa shape index (κ1) is 12.3. The maximum atomic E-state index is 12.0. The zero-order valence-electron chi connectivity index (χ0n) is 11.8. The Morgan fingerprint density at radius 1 is 0.895 bits per heavy atom. The smallest absolute Gasteiger partial charge is 0.317 e. The lowest BCUT2D eigenvalue weighted by Crippen LogP contribution is -2.39. The van der Waals surface area contributed by atoms with Crippen LogP contribution in [0.1, 0.15) is 6.42 Å². The molecule has 0 N–H and O–H groups in total. The second-order valence-electron chi connectivity index (χ2n) is 7.72. The summed E-state index contributed by atoms with van der Waals surface area (Å²) < 4.78 is 11.5. The molecule has 4 aliphatic rings. The van der Waals surface area contributed by atoms with Gasteiger partial charge in [0.25, 0.3) is 0 Å². The monoisotopic (exact) mass is 296 g/mol. The van der Waals surface area contributed by atoms with Crippen molar-refractivity contribution < 1.29 is 18.4 Å². The molecule has 2 aliphatic heterocycles. The van der Waals surface area contributed by atoms with Gasteiger partial charge in [0, 0.05) is 0 Å². The third-order valence-corrected chi connectivity index (χ3v) is 15.4. The fraction of sp³-hybridized carbons (Fsp3) is 0.846. The average Bonchev–Trinajstić information content (AvgIpc) is 2.90. The van der Waals surface area contributed by atoms with Crippen molar-refractivity contribution in [2.75, 3.05) is 0 Å². The lowest BCUT2D eigenvalue weighted by molar-refractivity contribution is -0.154. The molecule has 104 valence electrons. The van der Waals surface area contributed by atoms with E-state index in [1.54, 1.807) is 0 Å². The van der Waals surface area contributed by atoms with E-state index >= 15 is 0 Å². The predicted molar refractivity (Wildman–Crippen MR) is 73.2 cm³/mol. The van der Waals surface area contributed by atoms with Crippen molar-refractivity contribution in [2.24, 2.45) is 23.7 Å². The van der Waals surface area contributed by atoms with Crippen molar-refractivity contribution in [2.45, 2.75) is 43.7 Å². The summed E-state index contributed by atoms with van der Waals surface area (Å²) >= 11 is 0. The maximum Gasteiger partial charge on any atom is 0.317 e. The van der Waals surface area contributed by atoms with Crippen molar-refractivity contribution in [3.8, 4) is 0 Å². The number of hydrogen-bond acceptors (Lipinski definition) is 4. The van der Waals surface area contributed by atoms with Crippen LogP contribution in [0.5, 0.6) is 0 Å². The zero-order valence-corrected chi connectivity index (χ0v) is 13.8. The molecule has 2 heterocycles. The summed E-state index contributed by atoms with van der Waals surface area (Å²) in [6, 6.07) is 0. The predicted octanol–water partition coefficient (Wildman–Crippen LogP) is 2.13. The highest BCUT2D eigenvalue weighted by molar-refractivity contribution is 6.92. The van der Waals surface area contributed by atoms with Gasteiger partial charge in [-0.2, -0.15) is 0 Å². The van der Waals surface area contributed by atoms with E-state index in [2.05, 4.69) is 26.2 Å². The summed E-state index contributed by atoms with van der Waals surface area (Å²) in [7, 11) is -3.46. The van der Waals surface area contributed by atoms with E-state index in [-0.39, 0.29) is 23.8 Å². The topological polar surface area (TPSA) is 52.6 Å². The molecule has 2 saturated carbocycles. The van der Waals surface area contributed by atoms with Crippen LogP contribution in [0.15, 0.2) is 0 Å². The quantitative estimate of drug-likeness (QED) is 0.390. The van der Waals surface area contributed by atoms with Crippen LogP contribution in [0.4, 0.5) is 0 Å². The van der Waals surface area contributed by atoms with E-state index in [4.69, 9.17) is 8.85 Å². The summed E-state index contributed by atoms with van der Waals surface area (Å²) in [5, 5.41) is 0. The van der Waals surface area contributed by atoms with Gasteiger partial charge in [0.2, 0.25) is 0 Å². The van der Waals surface area contributed by atoms with Gasteiger partial charge in [0.15, 0.2) is 16.6 Å². The van der Waals surface area contributed by atoms with Crippen LogP contribution >= 0.6 is 0 Å². The number of carbonyl (C=O) groups is 2. The molecule has 6 atom stereocenters. The van der Waals surface area contributed by atoms with Gasteiger partial charge < -0.3 is 8.85 Å². The summed E-state index contributed by atoms with van der Waals surface area (Å²) in [4.78, 5) is 23.9. The Hall–Kier alpha value is -0.466. The Balaban J connectivity index is 1.82. The molecule has 2 saturated heterocycles. The molecule has 4 fully saturated rings. The van der Waals surface area contributed by atoms with Gasteiger partial charge >= 0.3 is 11.9 Å². The molecular formula is C13H20O4Si2. The Morgan fingerprint density at radius 3 is 1.74 bits per heavy atom. The Morgan fingerprint density at radius 2 is 1.32 bits per heavy atom. The van der Waals surface area contributed by atoms with E-state index in [0.717, 1.165) is 6.42 Å². The first-order chi connectivity index (χ1) is 8.74. The van der Waals surface area contributed by atoms with Gasteiger partial charge in [0.05, 0.1) is 11.8 Å². The molecule has 6 heteroatoms. The van der Waals surface area contributed by atoms with Gasteiger partial charge in [-0.05, 0) is 55.5 Å². The largest absolute Gasteiger partial charge is 0.455 e. The molecule has 0 radical (unpaired) electrons. The van der Waals surface area contributed by atoms with Gasteiger partial charge in [-0.15, -0.1) is 0 Å². The Kier molecular flexibility index (Phi) is 2.09. The van der Waals surface area contributed by atoms with Gasteiger partial charge in [-0.1, -0.05) is 0 Å². The van der Waals surface area contributed by atoms with Crippen LogP contribution in [0.25, 0.3) is 0 Å². The van der Waals surface area contributed by atoms with Crippen molar-refractivity contribution in [3.63, 3.8) is 0 Å². The highest BCUT2D eigenvalue weighted by Crippen LogP contribution is 2.73. The molecular weight excluding hydrogens is 276 g/mol. The number of hydrogen-bond donors (Lipinski definition) is 0. The molecule has 19 heavy (non-hydrogen) atoms. The second-order valence-corrected chi connectivity index (χ2v) is 16.3. The van der Waals surface area contributed by atoms with E-state index in [9.17, 15) is 9.59 Å². The summed E-state index contributed by atoms with van der Waals surface area (Å²) in [6.45, 7) is 9.18. The molecule has 0 spiro atoms. The maximum absolute atomic E-state index is 12.0. The van der Waals surface area contributed by atoms with Crippen LogP contribution < -0.4 is 0 Å². The van der Waals surface area contributed by atoms with Crippen molar-refractivity contribution in [1.82, 2.24) is 0 Å². The van der Waals surface area contributed by atoms with E-state index < -0.39 is 16.6 Å². The van der Waals surface area contributed by atoms with E-state index in [1.807, 2.05) is 0 Å². The number of rotatable bonds is 0. The lowest BCUT2D eigenvalue weighted by Gasteiger charge is -2.35. The minimum atomic E-state index is -1.73. The third kappa shape index (κ3) is 1.28. The average molecular weight is 296 g/mol. The van der Waals surface area contributed by atoms with Crippen molar-refractivity contribution in [3.05, 3.63) is 0 Å². The first-order valence-electron chi connectivity index (χ1n) is 7.20. The van der Waals surface area contributed by atoms with Crippen LogP contribution in [0.3, 0.4) is 0 Å². The number of fused-ring (bicyclic) bond motifs is 8. The number of carbonyl (C=O) groups excluding carboxylic acids is 2. The summed E-state index contributed by atoms with van der Waals surface area (Å²) in [5.74, 6) is -0.0759. The molecule has 0 aromatic rings. The fourth-order valence-corrected chi connectivity index (χ4v) is 19.9. The molecule has 0 amide bonds. The summed E-state index contributed by atoms with van der Waals surface area (Å²) in [6.07, 6.45) is 1.06. The van der Waals surface area contributed by atoms with Crippen LogP contribution in [-0.4, -0.2) is 28.6 Å². The normalized spacial score (nSPS) is 52.2. The number of cyclic esters (lactones) is 2. The molecule has 0 aromatic heterocycles. The SMILES string of the molecule is C[Si]1(C)O[Si](C)(C)[C@H]2[C@H]3C[C@H]([C@H]4C(=O)OC(=O)[C@@H]34)[C@H]21. The second kappa shape index (κ2) is 3.23. The Labute approximate surface area is 115 Å². The van der Waals surface area contributed by atoms with Gasteiger partial charge in [-0.25, -0.2) is 0 Å². The van der Waals surface area contributed by atoms with Crippen LogP contribution in [0, 0.1) is 23.7 Å². The van der Waals surface area contributed by atoms with Crippen LogP contribution in [0.2, 0.25) is 37.3 Å². The zero-order chi connectivity index (χ0) is 13.7. The standard InChI is InChI=1S/C13H20O4Si2/c1-18(2)10-6-5-7(11(10)19(3,4)17-18)9-8(6)12(14)16-13(9)15/h6-11H,5H2,1-4H3/t6-,7+,8-,9+,10-,11+. The molecule has 0 aromatic carbocycles. The van der Waals surface area contributed by atoms with Crippen molar-refractivity contribution in [1.29, 1.82) is 0 Å². The van der Waals surface area contributed by atoms with E-state index in [1.165, 1.54) is 0 Å². The Bertz CT molecular complexity index is 459. The molecule has 4 nitrogen and oxygen atoms in total. The highest BCUT2D eigenvalue weighted by atomic mass is 28.4. The van der Waals surface area contributed by atoms with Gasteiger partial charge in [0.1, 0.15) is 0 Å². The molecule has 2 bridgehead atoms. The molecule has 2 aliphatic carbocycles. The highest BCUT2D eigenvalue weighted by Gasteiger charge is 2.75. The van der Waals surface area contributed by atoms with Gasteiger partial charge in [-0.3, -0.25) is 9.59 Å². The van der Waals surface area contributed by atoms with E-state index in [0.29, 0.717) is 22.9 Å². The van der Waals surface area contributed by atoms with Crippen molar-refractivity contribution >= 4 is 28.6 Å². The number of ether oxygens (including phenoxy) is 1. The fourth-order valence-electron chi connectivity index (χ4n) is 6.00. The molecule has 0 unspecified atom stereocenters. The number of esters is 2. The lowest BCUT2D eigenvalue weighted by atomic mass is 9.80. The first-order valence-corrected chi connectivity index (χ1v) is 13.2. The minimum absolute atomic E-state index is 0.142. The van der Waals surface area contributed by atoms with Crippen LogP contribution in [-0.2, 0) is 18.4 Å². The summed E-state index contributed by atoms with van der Waals surface area (Å²) in [5.41, 5.74) is 1.14. The third-order valence-electron chi connectivity index (χ3n) is 6.04. The minimum Gasteiger partial charge on any atom is -0.455 e. The molecule has 4 rings (SSSR count).